The Morgan fingerprint density at radius 1 is 1.80 bits per heavy atom. The summed E-state index contributed by atoms with van der Waals surface area (Å²) in [6.07, 6.45) is 0. The molecule has 3 nitrogen and oxygen atoms in total. The van der Waals surface area contributed by atoms with E-state index in [2.05, 4.69) is 4.98 Å². The van der Waals surface area contributed by atoms with Crippen molar-refractivity contribution in [2.24, 2.45) is 0 Å². The number of nitrogens with zero attached hydrogens (tertiary/aromatic N) is 1. The molecule has 0 atom stereocenters. The van der Waals surface area contributed by atoms with Crippen LogP contribution < -0.4 is 5.73 Å². The van der Waals surface area contributed by atoms with Crippen LogP contribution in [0.2, 0.25) is 0 Å². The third-order valence-corrected chi connectivity index (χ3v) is 2.28. The molecule has 0 spiro atoms. The number of nitrogens with two attached hydrogens (primary N) is 1. The standard InChI is InChI=1S/C5H5ClN2OS/c1-2-3(4(6)9)10-5(7)8-2/h1H3,(H2,7,8). The molecule has 0 amide bonds. The average molecular weight is 177 g/mol. The molecule has 5 heteroatoms. The molecule has 1 rings (SSSR count). The Morgan fingerprint density at radius 3 is 2.60 bits per heavy atom. The van der Waals surface area contributed by atoms with E-state index in [1.165, 1.54) is 0 Å². The molecule has 0 saturated carbocycles. The van der Waals surface area contributed by atoms with Gasteiger partial charge in [-0.1, -0.05) is 11.3 Å². The Kier molecular flexibility index (Phi) is 1.92. The molecule has 54 valence electrons. The lowest BCUT2D eigenvalue weighted by molar-refractivity contribution is 0.108. The third kappa shape index (κ3) is 1.27. The van der Waals surface area contributed by atoms with Crippen LogP contribution in [0.4, 0.5) is 5.13 Å². The van der Waals surface area contributed by atoms with Gasteiger partial charge in [-0.05, 0) is 18.5 Å². The number of halogens is 1. The van der Waals surface area contributed by atoms with Gasteiger partial charge in [0.15, 0.2) is 5.13 Å². The summed E-state index contributed by atoms with van der Waals surface area (Å²) < 4.78 is 0. The first-order chi connectivity index (χ1) is 4.61. The van der Waals surface area contributed by atoms with E-state index in [-0.39, 0.29) is 0 Å². The van der Waals surface area contributed by atoms with Gasteiger partial charge in [0.1, 0.15) is 4.88 Å². The second-order valence-corrected chi connectivity index (χ2v) is 3.11. The Hall–Kier alpha value is -0.610. The molecular formula is C5H5ClN2OS. The Balaban J connectivity index is 3.15. The highest BCUT2D eigenvalue weighted by molar-refractivity contribution is 7.19. The number of hydrogen-bond acceptors (Lipinski definition) is 4. The highest BCUT2D eigenvalue weighted by atomic mass is 35.5. The van der Waals surface area contributed by atoms with Crippen molar-refractivity contribution in [1.29, 1.82) is 0 Å². The summed E-state index contributed by atoms with van der Waals surface area (Å²) in [7, 11) is 0. The normalized spacial score (nSPS) is 9.80. The van der Waals surface area contributed by atoms with Crippen LogP contribution in [0.3, 0.4) is 0 Å². The second-order valence-electron chi connectivity index (χ2n) is 1.74. The minimum Gasteiger partial charge on any atom is -0.375 e. The monoisotopic (exact) mass is 176 g/mol. The van der Waals surface area contributed by atoms with E-state index in [0.29, 0.717) is 15.7 Å². The van der Waals surface area contributed by atoms with Gasteiger partial charge in [-0.3, -0.25) is 4.79 Å². The number of anilines is 1. The average Bonchev–Trinajstić information content (AvgIpc) is 2.10. The van der Waals surface area contributed by atoms with Crippen LogP contribution in [0.25, 0.3) is 0 Å². The molecule has 1 heterocycles. The molecule has 0 unspecified atom stereocenters. The number of carbonyl (C=O) groups excluding carboxylic acids is 1. The molecule has 0 fully saturated rings. The number of aryl methyl sites for hydroxylation is 1. The molecule has 2 N–H and O–H groups in total. The molecule has 0 aliphatic rings. The molecule has 0 aliphatic heterocycles. The predicted octanol–water partition coefficient (Wildman–Crippen LogP) is 1.41. The van der Waals surface area contributed by atoms with E-state index in [1.54, 1.807) is 6.92 Å². The molecule has 0 bridgehead atoms. The first-order valence-corrected chi connectivity index (χ1v) is 3.73. The lowest BCUT2D eigenvalue weighted by atomic mass is 10.4. The summed E-state index contributed by atoms with van der Waals surface area (Å²) in [5, 5.41) is -0.117. The Bertz CT molecular complexity index is 271. The van der Waals surface area contributed by atoms with Crippen molar-refractivity contribution in [3.8, 4) is 0 Å². The number of thiazole rings is 1. The van der Waals surface area contributed by atoms with E-state index in [1.807, 2.05) is 0 Å². The fourth-order valence-corrected chi connectivity index (χ4v) is 1.52. The lowest BCUT2D eigenvalue weighted by Gasteiger charge is -1.83. The third-order valence-electron chi connectivity index (χ3n) is 0.992. The van der Waals surface area contributed by atoms with Crippen LogP contribution in [-0.4, -0.2) is 10.2 Å². The molecule has 0 radical (unpaired) electrons. The van der Waals surface area contributed by atoms with Crippen LogP contribution in [-0.2, 0) is 0 Å². The van der Waals surface area contributed by atoms with Crippen molar-refractivity contribution in [2.75, 3.05) is 5.73 Å². The fourth-order valence-electron chi connectivity index (χ4n) is 0.600. The zero-order valence-electron chi connectivity index (χ0n) is 5.22. The highest BCUT2D eigenvalue weighted by Gasteiger charge is 2.10. The van der Waals surface area contributed by atoms with Crippen LogP contribution in [0, 0.1) is 6.92 Å². The minimum absolute atomic E-state index is 0.376. The van der Waals surface area contributed by atoms with Gasteiger partial charge in [0, 0.05) is 0 Å². The van der Waals surface area contributed by atoms with Gasteiger partial charge in [0.25, 0.3) is 5.24 Å². The highest BCUT2D eigenvalue weighted by Crippen LogP contribution is 2.20. The molecule has 10 heavy (non-hydrogen) atoms. The maximum atomic E-state index is 10.6. The van der Waals surface area contributed by atoms with Gasteiger partial charge in [-0.25, -0.2) is 4.98 Å². The molecular weight excluding hydrogens is 172 g/mol. The van der Waals surface area contributed by atoms with Crippen LogP contribution in [0.15, 0.2) is 0 Å². The van der Waals surface area contributed by atoms with E-state index >= 15 is 0 Å². The summed E-state index contributed by atoms with van der Waals surface area (Å²) in [5.41, 5.74) is 5.91. The smallest absolute Gasteiger partial charge is 0.264 e. The number of aromatic nitrogens is 1. The first-order valence-electron chi connectivity index (χ1n) is 2.54. The predicted molar refractivity (Wildman–Crippen MR) is 41.4 cm³/mol. The van der Waals surface area contributed by atoms with E-state index < -0.39 is 5.24 Å². The topological polar surface area (TPSA) is 56.0 Å². The lowest BCUT2D eigenvalue weighted by Crippen LogP contribution is -1.86. The van der Waals surface area contributed by atoms with Gasteiger partial charge < -0.3 is 5.73 Å². The van der Waals surface area contributed by atoms with Gasteiger partial charge in [-0.15, -0.1) is 0 Å². The quantitative estimate of drug-likeness (QED) is 0.659. The van der Waals surface area contributed by atoms with Crippen molar-refractivity contribution >= 4 is 33.3 Å². The zero-order valence-corrected chi connectivity index (χ0v) is 6.79. The van der Waals surface area contributed by atoms with Crippen molar-refractivity contribution in [3.63, 3.8) is 0 Å². The second kappa shape index (κ2) is 2.56. The summed E-state index contributed by atoms with van der Waals surface area (Å²) >= 11 is 6.31. The van der Waals surface area contributed by atoms with Crippen LogP contribution >= 0.6 is 22.9 Å². The molecule has 0 saturated heterocycles. The maximum Gasteiger partial charge on any atom is 0.264 e. The molecule has 0 aromatic carbocycles. The summed E-state index contributed by atoms with van der Waals surface area (Å²) in [6, 6.07) is 0. The Morgan fingerprint density at radius 2 is 2.40 bits per heavy atom. The molecule has 0 aliphatic carbocycles. The van der Waals surface area contributed by atoms with Crippen LogP contribution in [0.5, 0.6) is 0 Å². The SMILES string of the molecule is Cc1nc(N)sc1C(=O)Cl. The molecule has 1 aromatic rings. The summed E-state index contributed by atoms with van der Waals surface area (Å²) in [6.45, 7) is 1.70. The minimum atomic E-state index is -0.494. The van der Waals surface area contributed by atoms with Gasteiger partial charge in [0.05, 0.1) is 5.69 Å². The fraction of sp³-hybridized carbons (Fsp3) is 0.200. The Labute approximate surface area is 66.8 Å². The first kappa shape index (κ1) is 7.50. The van der Waals surface area contributed by atoms with Crippen LogP contribution in [0.1, 0.15) is 15.4 Å². The zero-order chi connectivity index (χ0) is 7.72. The van der Waals surface area contributed by atoms with E-state index in [4.69, 9.17) is 17.3 Å². The summed E-state index contributed by atoms with van der Waals surface area (Å²) in [4.78, 5) is 14.8. The van der Waals surface area contributed by atoms with Crippen molar-refractivity contribution < 1.29 is 4.79 Å². The van der Waals surface area contributed by atoms with Gasteiger partial charge in [0.2, 0.25) is 0 Å². The maximum absolute atomic E-state index is 10.6. The van der Waals surface area contributed by atoms with E-state index in [9.17, 15) is 4.79 Å². The molecule has 1 aromatic heterocycles. The number of hydrogen-bond donors (Lipinski definition) is 1. The van der Waals surface area contributed by atoms with Crippen molar-refractivity contribution in [1.82, 2.24) is 4.98 Å². The van der Waals surface area contributed by atoms with Crippen molar-refractivity contribution in [2.45, 2.75) is 6.92 Å². The number of nitrogen functional groups attached to an aromatic ring is 1. The summed E-state index contributed by atoms with van der Waals surface area (Å²) in [5.74, 6) is 0. The van der Waals surface area contributed by atoms with Gasteiger partial charge in [-0.2, -0.15) is 0 Å². The largest absolute Gasteiger partial charge is 0.375 e. The van der Waals surface area contributed by atoms with Crippen molar-refractivity contribution in [3.05, 3.63) is 10.6 Å². The van der Waals surface area contributed by atoms with E-state index in [0.717, 1.165) is 11.3 Å². The number of carbonyl (C=O) groups is 1. The number of rotatable bonds is 1. The van der Waals surface area contributed by atoms with Gasteiger partial charge >= 0.3 is 0 Å².